The average Bonchev–Trinajstić information content (AvgIpc) is 2.63. The van der Waals surface area contributed by atoms with Gasteiger partial charge in [0.25, 0.3) is 0 Å². The molecule has 134 valence electrons. The second kappa shape index (κ2) is 8.82. The highest BCUT2D eigenvalue weighted by molar-refractivity contribution is 5.77. The molecule has 0 fully saturated rings. The van der Waals surface area contributed by atoms with E-state index in [0.717, 1.165) is 47.4 Å². The monoisotopic (exact) mass is 338 g/mol. The molecule has 0 saturated carbocycles. The molecule has 0 amide bonds. The lowest BCUT2D eigenvalue weighted by atomic mass is 10.1. The van der Waals surface area contributed by atoms with Crippen molar-refractivity contribution in [2.24, 2.45) is 4.99 Å². The van der Waals surface area contributed by atoms with E-state index in [0.29, 0.717) is 6.54 Å². The maximum absolute atomic E-state index is 12.7. The minimum absolute atomic E-state index is 0.0193. The molecule has 0 aliphatic carbocycles. The van der Waals surface area contributed by atoms with E-state index in [4.69, 9.17) is 0 Å². The third-order valence-electron chi connectivity index (χ3n) is 5.21. The molecular formula is C22H30N2O. The molecule has 0 unspecified atom stereocenters. The molecule has 0 N–H and O–H groups in total. The molecular weight excluding hydrogens is 308 g/mol. The lowest BCUT2D eigenvalue weighted by Crippen LogP contribution is -2.54. The van der Waals surface area contributed by atoms with Crippen molar-refractivity contribution in [1.29, 1.82) is 0 Å². The van der Waals surface area contributed by atoms with Crippen molar-refractivity contribution in [3.8, 4) is 0 Å². The molecule has 3 nitrogen and oxygen atoms in total. The van der Waals surface area contributed by atoms with Crippen LogP contribution in [-0.4, -0.2) is 36.6 Å². The van der Waals surface area contributed by atoms with Gasteiger partial charge in [-0.2, -0.15) is 0 Å². The topological polar surface area (TPSA) is 35.4 Å². The molecule has 0 radical (unpaired) electrons. The van der Waals surface area contributed by atoms with E-state index < -0.39 is 0 Å². The van der Waals surface area contributed by atoms with Crippen LogP contribution in [0.25, 0.3) is 0 Å². The zero-order chi connectivity index (χ0) is 18.3. The number of quaternary nitrogens is 1. The highest BCUT2D eigenvalue weighted by Crippen LogP contribution is 2.23. The first kappa shape index (κ1) is 19.2. The molecule has 0 spiro atoms. The first-order valence-electron chi connectivity index (χ1n) is 9.19. The highest BCUT2D eigenvalue weighted by atomic mass is 16.3. The number of hydrogen-bond acceptors (Lipinski definition) is 2. The van der Waals surface area contributed by atoms with Crippen LogP contribution in [0.4, 0.5) is 5.69 Å². The largest absolute Gasteiger partial charge is 0.858 e. The predicted octanol–water partition coefficient (Wildman–Crippen LogP) is 3.79. The lowest BCUT2D eigenvalue weighted by Gasteiger charge is -2.38. The molecule has 3 heteroatoms. The Balaban J connectivity index is 2.15. The number of benzene rings is 2. The van der Waals surface area contributed by atoms with Crippen LogP contribution in [0.2, 0.25) is 0 Å². The van der Waals surface area contributed by atoms with E-state index in [-0.39, 0.29) is 5.90 Å². The summed E-state index contributed by atoms with van der Waals surface area (Å²) in [5, 5.41) is 12.7. The van der Waals surface area contributed by atoms with Crippen LogP contribution in [-0.2, 0) is 6.42 Å². The van der Waals surface area contributed by atoms with Crippen LogP contribution >= 0.6 is 0 Å². The Bertz CT molecular complexity index is 683. The van der Waals surface area contributed by atoms with Crippen molar-refractivity contribution in [2.75, 3.05) is 26.2 Å². The Morgan fingerprint density at radius 1 is 0.920 bits per heavy atom. The molecule has 2 rings (SSSR count). The van der Waals surface area contributed by atoms with Gasteiger partial charge in [0.05, 0.1) is 25.3 Å². The van der Waals surface area contributed by atoms with Gasteiger partial charge in [-0.25, -0.2) is 0 Å². The Morgan fingerprint density at radius 2 is 1.52 bits per heavy atom. The number of para-hydroxylation sites is 1. The van der Waals surface area contributed by atoms with Crippen molar-refractivity contribution in [1.82, 2.24) is 0 Å². The van der Waals surface area contributed by atoms with Crippen LogP contribution in [0.15, 0.2) is 53.5 Å². The second-order valence-corrected chi connectivity index (χ2v) is 6.84. The second-order valence-electron chi connectivity index (χ2n) is 6.84. The minimum Gasteiger partial charge on any atom is -0.858 e. The van der Waals surface area contributed by atoms with E-state index in [2.05, 4.69) is 43.1 Å². The van der Waals surface area contributed by atoms with E-state index in [1.54, 1.807) is 0 Å². The third kappa shape index (κ3) is 5.17. The summed E-state index contributed by atoms with van der Waals surface area (Å²) in [6, 6.07) is 16.5. The maximum atomic E-state index is 12.7. The van der Waals surface area contributed by atoms with Crippen molar-refractivity contribution < 1.29 is 9.59 Å². The van der Waals surface area contributed by atoms with Crippen LogP contribution in [0.1, 0.15) is 30.5 Å². The summed E-state index contributed by atoms with van der Waals surface area (Å²) in [5.74, 6) is -0.0193. The van der Waals surface area contributed by atoms with Gasteiger partial charge in [0.15, 0.2) is 0 Å². The first-order chi connectivity index (χ1) is 12.0. The van der Waals surface area contributed by atoms with E-state index in [9.17, 15) is 5.11 Å². The molecule has 0 aliphatic heterocycles. The summed E-state index contributed by atoms with van der Waals surface area (Å²) in [6.45, 7) is 11.7. The van der Waals surface area contributed by atoms with Gasteiger partial charge < -0.3 is 9.59 Å². The number of aliphatic imine (C=N–C) groups is 1. The molecule has 0 aliphatic rings. The molecule has 2 aromatic carbocycles. The fourth-order valence-corrected chi connectivity index (χ4v) is 3.28. The summed E-state index contributed by atoms with van der Waals surface area (Å²) in [4.78, 5) is 4.44. The van der Waals surface area contributed by atoms with E-state index >= 15 is 0 Å². The number of rotatable bonds is 8. The summed E-state index contributed by atoms with van der Waals surface area (Å²) in [7, 11) is 0. The first-order valence-corrected chi connectivity index (χ1v) is 9.19. The number of aryl methyl sites for hydroxylation is 2. The fourth-order valence-electron chi connectivity index (χ4n) is 3.28. The molecule has 2 aromatic rings. The third-order valence-corrected chi connectivity index (χ3v) is 5.21. The maximum Gasteiger partial charge on any atom is 0.108 e. The van der Waals surface area contributed by atoms with Gasteiger partial charge in [0, 0.05) is 12.3 Å². The van der Waals surface area contributed by atoms with Crippen LogP contribution in [0.3, 0.4) is 0 Å². The van der Waals surface area contributed by atoms with Crippen molar-refractivity contribution in [2.45, 2.75) is 34.1 Å². The van der Waals surface area contributed by atoms with Gasteiger partial charge >= 0.3 is 0 Å². The van der Waals surface area contributed by atoms with Gasteiger partial charge in [0.1, 0.15) is 6.54 Å². The lowest BCUT2D eigenvalue weighted by molar-refractivity contribution is -0.918. The Hall–Kier alpha value is -2.13. The molecule has 0 heterocycles. The van der Waals surface area contributed by atoms with Gasteiger partial charge in [-0.15, -0.1) is 0 Å². The normalized spacial score (nSPS) is 12.4. The van der Waals surface area contributed by atoms with E-state index in [1.165, 1.54) is 5.56 Å². The summed E-state index contributed by atoms with van der Waals surface area (Å²) in [5.41, 5.74) is 4.28. The van der Waals surface area contributed by atoms with Gasteiger partial charge in [0.2, 0.25) is 0 Å². The van der Waals surface area contributed by atoms with Crippen LogP contribution in [0, 0.1) is 13.8 Å². The highest BCUT2D eigenvalue weighted by Gasteiger charge is 2.23. The van der Waals surface area contributed by atoms with Gasteiger partial charge in [-0.05, 0) is 44.4 Å². The van der Waals surface area contributed by atoms with Gasteiger partial charge in [-0.1, -0.05) is 48.5 Å². The summed E-state index contributed by atoms with van der Waals surface area (Å²) >= 11 is 0. The quantitative estimate of drug-likeness (QED) is 0.410. The molecule has 0 saturated heterocycles. The number of nitrogens with zero attached hydrogens (tertiary/aromatic N) is 2. The number of likely N-dealkylation sites (N-methyl/N-ethyl adjacent to an activating group) is 1. The van der Waals surface area contributed by atoms with Crippen LogP contribution < -0.4 is 5.11 Å². The minimum atomic E-state index is -0.0193. The standard InChI is InChI=1S/C22H30N2O/c1-5-24(6-2,16-15-20-13-8-7-9-14-20)17-21(25)23-22-18(3)11-10-12-19(22)4/h7-14H,5-6,15-17H2,1-4H3. The SMILES string of the molecule is CC[N+](CC)(CCc1ccccc1)CC([O-])=Nc1c(C)cccc1C. The van der Waals surface area contributed by atoms with Crippen molar-refractivity contribution >= 4 is 11.6 Å². The average molecular weight is 338 g/mol. The molecule has 0 bridgehead atoms. The number of hydrogen-bond donors (Lipinski definition) is 0. The Morgan fingerprint density at radius 3 is 2.08 bits per heavy atom. The molecule has 0 atom stereocenters. The summed E-state index contributed by atoms with van der Waals surface area (Å²) in [6.07, 6.45) is 0.985. The zero-order valence-corrected chi connectivity index (χ0v) is 16.0. The fraction of sp³-hybridized carbons (Fsp3) is 0.409. The van der Waals surface area contributed by atoms with Crippen molar-refractivity contribution in [3.63, 3.8) is 0 Å². The predicted molar refractivity (Wildman–Crippen MR) is 104 cm³/mol. The Kier molecular flexibility index (Phi) is 6.77. The molecule has 0 aromatic heterocycles. The zero-order valence-electron chi connectivity index (χ0n) is 16.0. The van der Waals surface area contributed by atoms with Gasteiger partial charge in [-0.3, -0.25) is 4.99 Å². The van der Waals surface area contributed by atoms with Crippen molar-refractivity contribution in [3.05, 3.63) is 65.2 Å². The van der Waals surface area contributed by atoms with Crippen LogP contribution in [0.5, 0.6) is 0 Å². The molecule has 25 heavy (non-hydrogen) atoms. The Labute approximate surface area is 152 Å². The van der Waals surface area contributed by atoms with E-state index in [1.807, 2.05) is 38.1 Å². The summed E-state index contributed by atoms with van der Waals surface area (Å²) < 4.78 is 0.780. The smallest absolute Gasteiger partial charge is 0.108 e.